The Bertz CT molecular complexity index is 291. The van der Waals surface area contributed by atoms with Crippen molar-refractivity contribution in [1.82, 2.24) is 20.4 Å². The van der Waals surface area contributed by atoms with Crippen molar-refractivity contribution in [1.29, 1.82) is 0 Å². The minimum absolute atomic E-state index is 0.0888. The van der Waals surface area contributed by atoms with Crippen LogP contribution in [0.15, 0.2) is 0 Å². The highest BCUT2D eigenvalue weighted by Crippen LogP contribution is 2.17. The molecule has 1 aliphatic carbocycles. The van der Waals surface area contributed by atoms with E-state index in [-0.39, 0.29) is 6.03 Å². The van der Waals surface area contributed by atoms with Gasteiger partial charge in [0.1, 0.15) is 0 Å². The first kappa shape index (κ1) is 14.6. The van der Waals surface area contributed by atoms with Gasteiger partial charge in [0.25, 0.3) is 0 Å². The highest BCUT2D eigenvalue weighted by atomic mass is 16.2. The lowest BCUT2D eigenvalue weighted by atomic mass is 9.96. The summed E-state index contributed by atoms with van der Waals surface area (Å²) >= 11 is 0. The summed E-state index contributed by atoms with van der Waals surface area (Å²) in [6.45, 7) is 3.87. The summed E-state index contributed by atoms with van der Waals surface area (Å²) in [6, 6.07) is 0.910. The summed E-state index contributed by atoms with van der Waals surface area (Å²) in [5.74, 6) is 0. The Labute approximate surface area is 116 Å². The topological polar surface area (TPSA) is 47.6 Å². The van der Waals surface area contributed by atoms with E-state index in [2.05, 4.69) is 22.6 Å². The maximum Gasteiger partial charge on any atom is 0.317 e. The van der Waals surface area contributed by atoms with Gasteiger partial charge in [-0.05, 0) is 19.9 Å². The van der Waals surface area contributed by atoms with Crippen LogP contribution in [0.4, 0.5) is 4.79 Å². The van der Waals surface area contributed by atoms with E-state index in [9.17, 15) is 4.79 Å². The number of carbonyl (C=O) groups excluding carboxylic acids is 1. The Hall–Kier alpha value is -0.810. The fraction of sp³-hybridized carbons (Fsp3) is 0.929. The Balaban J connectivity index is 1.74. The molecule has 0 bridgehead atoms. The van der Waals surface area contributed by atoms with E-state index in [1.54, 1.807) is 0 Å². The second-order valence-corrected chi connectivity index (χ2v) is 6.00. The Morgan fingerprint density at radius 2 is 2.11 bits per heavy atom. The third-order valence-corrected chi connectivity index (χ3v) is 4.41. The summed E-state index contributed by atoms with van der Waals surface area (Å²) in [4.78, 5) is 16.3. The number of rotatable bonds is 3. The summed E-state index contributed by atoms with van der Waals surface area (Å²) < 4.78 is 0. The van der Waals surface area contributed by atoms with Crippen LogP contribution in [-0.4, -0.2) is 68.2 Å². The predicted octanol–water partition coefficient (Wildman–Crippen LogP) is 0.864. The summed E-state index contributed by atoms with van der Waals surface area (Å²) in [5, 5.41) is 6.56. The van der Waals surface area contributed by atoms with Gasteiger partial charge in [0.05, 0.1) is 0 Å². The van der Waals surface area contributed by atoms with E-state index in [4.69, 9.17) is 0 Å². The van der Waals surface area contributed by atoms with E-state index in [1.165, 1.54) is 19.3 Å². The Morgan fingerprint density at radius 1 is 1.37 bits per heavy atom. The average Bonchev–Trinajstić information content (AvgIpc) is 2.42. The molecule has 0 aromatic heterocycles. The molecule has 2 aliphatic rings. The summed E-state index contributed by atoms with van der Waals surface area (Å²) in [6.07, 6.45) is 6.11. The van der Waals surface area contributed by atoms with E-state index in [1.807, 2.05) is 11.9 Å². The maximum atomic E-state index is 12.2. The highest BCUT2D eigenvalue weighted by Gasteiger charge is 2.23. The molecule has 2 rings (SSSR count). The smallest absolute Gasteiger partial charge is 0.317 e. The van der Waals surface area contributed by atoms with Gasteiger partial charge in [0.2, 0.25) is 0 Å². The lowest BCUT2D eigenvalue weighted by Gasteiger charge is -2.36. The molecule has 0 aromatic rings. The van der Waals surface area contributed by atoms with E-state index >= 15 is 0 Å². The van der Waals surface area contributed by atoms with Crippen molar-refractivity contribution in [3.05, 3.63) is 0 Å². The molecule has 1 heterocycles. The van der Waals surface area contributed by atoms with Crippen LogP contribution in [0.5, 0.6) is 0 Å². The molecular weight excluding hydrogens is 240 g/mol. The second-order valence-electron chi connectivity index (χ2n) is 6.00. The minimum Gasteiger partial charge on any atom is -0.335 e. The molecule has 19 heavy (non-hydrogen) atoms. The van der Waals surface area contributed by atoms with Crippen LogP contribution in [0.2, 0.25) is 0 Å². The second kappa shape index (κ2) is 7.10. The molecule has 2 fully saturated rings. The number of nitrogens with zero attached hydrogens (tertiary/aromatic N) is 2. The molecule has 5 heteroatoms. The van der Waals surface area contributed by atoms with E-state index < -0.39 is 0 Å². The van der Waals surface area contributed by atoms with Crippen molar-refractivity contribution >= 4 is 6.03 Å². The number of urea groups is 1. The van der Waals surface area contributed by atoms with Crippen LogP contribution in [-0.2, 0) is 0 Å². The van der Waals surface area contributed by atoms with Gasteiger partial charge in [0, 0.05) is 45.3 Å². The van der Waals surface area contributed by atoms with Crippen molar-refractivity contribution in [2.75, 3.05) is 40.3 Å². The van der Waals surface area contributed by atoms with Crippen LogP contribution >= 0.6 is 0 Å². The number of hydrogen-bond donors (Lipinski definition) is 2. The number of carbonyl (C=O) groups is 1. The van der Waals surface area contributed by atoms with Crippen molar-refractivity contribution in [3.8, 4) is 0 Å². The Kier molecular flexibility index (Phi) is 5.45. The minimum atomic E-state index is 0.0888. The van der Waals surface area contributed by atoms with Crippen molar-refractivity contribution in [2.24, 2.45) is 0 Å². The Morgan fingerprint density at radius 3 is 2.79 bits per heavy atom. The van der Waals surface area contributed by atoms with Gasteiger partial charge in [0.15, 0.2) is 0 Å². The quantitative estimate of drug-likeness (QED) is 0.798. The molecule has 2 amide bonds. The zero-order chi connectivity index (χ0) is 13.7. The molecule has 1 saturated heterocycles. The van der Waals surface area contributed by atoms with Gasteiger partial charge >= 0.3 is 6.03 Å². The molecule has 0 spiro atoms. The van der Waals surface area contributed by atoms with Crippen molar-refractivity contribution in [2.45, 2.75) is 44.2 Å². The predicted molar refractivity (Wildman–Crippen MR) is 77.3 cm³/mol. The summed E-state index contributed by atoms with van der Waals surface area (Å²) in [7, 11) is 4.04. The lowest BCUT2D eigenvalue weighted by molar-refractivity contribution is 0.150. The zero-order valence-electron chi connectivity index (χ0n) is 12.3. The van der Waals surface area contributed by atoms with Crippen LogP contribution in [0.1, 0.15) is 32.1 Å². The van der Waals surface area contributed by atoms with Gasteiger partial charge in [-0.25, -0.2) is 4.79 Å². The van der Waals surface area contributed by atoms with Crippen LogP contribution in [0, 0.1) is 0 Å². The SMILES string of the molecule is CN(CC1CNCCN1C)C(=O)NC1CCCCC1. The third kappa shape index (κ3) is 4.35. The average molecular weight is 268 g/mol. The number of hydrogen-bond acceptors (Lipinski definition) is 3. The van der Waals surface area contributed by atoms with Crippen molar-refractivity contribution < 1.29 is 4.79 Å². The highest BCUT2D eigenvalue weighted by molar-refractivity contribution is 5.74. The first-order valence-electron chi connectivity index (χ1n) is 7.59. The molecular formula is C14H28N4O. The van der Waals surface area contributed by atoms with Gasteiger partial charge < -0.3 is 15.5 Å². The molecule has 1 unspecified atom stereocenters. The monoisotopic (exact) mass is 268 g/mol. The largest absolute Gasteiger partial charge is 0.335 e. The number of piperazine rings is 1. The molecule has 0 radical (unpaired) electrons. The molecule has 110 valence electrons. The third-order valence-electron chi connectivity index (χ3n) is 4.41. The van der Waals surface area contributed by atoms with Gasteiger partial charge in [-0.1, -0.05) is 19.3 Å². The maximum absolute atomic E-state index is 12.2. The molecule has 1 aliphatic heterocycles. The van der Waals surface area contributed by atoms with Crippen LogP contribution < -0.4 is 10.6 Å². The first-order valence-corrected chi connectivity index (χ1v) is 7.59. The van der Waals surface area contributed by atoms with Gasteiger partial charge in [-0.2, -0.15) is 0 Å². The van der Waals surface area contributed by atoms with Gasteiger partial charge in [-0.15, -0.1) is 0 Å². The lowest BCUT2D eigenvalue weighted by Crippen LogP contribution is -2.55. The molecule has 2 N–H and O–H groups in total. The van der Waals surface area contributed by atoms with E-state index in [0.29, 0.717) is 12.1 Å². The fourth-order valence-electron chi connectivity index (χ4n) is 3.00. The zero-order valence-corrected chi connectivity index (χ0v) is 12.3. The fourth-order valence-corrected chi connectivity index (χ4v) is 3.00. The van der Waals surface area contributed by atoms with Crippen molar-refractivity contribution in [3.63, 3.8) is 0 Å². The number of amides is 2. The standard InChI is InChI=1S/C14H28N4O/c1-17-9-8-15-10-13(17)11-18(2)14(19)16-12-6-4-3-5-7-12/h12-13,15H,3-11H2,1-2H3,(H,16,19). The normalized spacial score (nSPS) is 26.1. The molecule has 1 saturated carbocycles. The van der Waals surface area contributed by atoms with E-state index in [0.717, 1.165) is 39.0 Å². The molecule has 5 nitrogen and oxygen atoms in total. The summed E-state index contributed by atoms with van der Waals surface area (Å²) in [5.41, 5.74) is 0. The van der Waals surface area contributed by atoms with Crippen LogP contribution in [0.25, 0.3) is 0 Å². The van der Waals surface area contributed by atoms with Gasteiger partial charge in [-0.3, -0.25) is 4.90 Å². The molecule has 0 aromatic carbocycles. The molecule has 1 atom stereocenters. The number of nitrogens with one attached hydrogen (secondary N) is 2. The van der Waals surface area contributed by atoms with Crippen LogP contribution in [0.3, 0.4) is 0 Å². The number of likely N-dealkylation sites (N-methyl/N-ethyl adjacent to an activating group) is 2. The first-order chi connectivity index (χ1) is 9.16.